The number of likely N-dealkylation sites (N-methyl/N-ethyl adjacent to an activating group) is 1. The lowest BCUT2D eigenvalue weighted by Gasteiger charge is -2.22. The van der Waals surface area contributed by atoms with Gasteiger partial charge in [0.2, 0.25) is 11.8 Å². The number of aromatic nitrogens is 2. The van der Waals surface area contributed by atoms with Crippen molar-refractivity contribution < 1.29 is 9.53 Å². The van der Waals surface area contributed by atoms with Crippen LogP contribution in [-0.4, -0.2) is 41.8 Å². The second-order valence-corrected chi connectivity index (χ2v) is 5.65. The maximum atomic E-state index is 12.5. The maximum absolute atomic E-state index is 12.5. The summed E-state index contributed by atoms with van der Waals surface area (Å²) in [6.45, 7) is 2.44. The van der Waals surface area contributed by atoms with E-state index in [1.807, 2.05) is 44.3 Å². The summed E-state index contributed by atoms with van der Waals surface area (Å²) in [5.74, 6) is 0.718. The molecule has 6 heteroatoms. The summed E-state index contributed by atoms with van der Waals surface area (Å²) in [6, 6.07) is 9.30. The molecule has 1 aromatic heterocycles. The summed E-state index contributed by atoms with van der Waals surface area (Å²) in [7, 11) is 6.99. The molecular formula is C17H24N4O2. The highest BCUT2D eigenvalue weighted by atomic mass is 16.5. The number of nitrogens with zero attached hydrogens (tertiary/aromatic N) is 3. The van der Waals surface area contributed by atoms with Crippen LogP contribution in [0.25, 0.3) is 0 Å². The van der Waals surface area contributed by atoms with Crippen LogP contribution in [0.3, 0.4) is 0 Å². The summed E-state index contributed by atoms with van der Waals surface area (Å²) in [4.78, 5) is 14.1. The first-order valence-corrected chi connectivity index (χ1v) is 7.51. The molecule has 1 N–H and O–H groups in total. The molecule has 0 fully saturated rings. The summed E-state index contributed by atoms with van der Waals surface area (Å²) in [6.07, 6.45) is 0. The lowest BCUT2D eigenvalue weighted by atomic mass is 10.1. The lowest BCUT2D eigenvalue weighted by molar-refractivity contribution is -0.131. The van der Waals surface area contributed by atoms with E-state index >= 15 is 0 Å². The van der Waals surface area contributed by atoms with E-state index in [9.17, 15) is 4.79 Å². The summed E-state index contributed by atoms with van der Waals surface area (Å²) in [5, 5.41) is 7.71. The van der Waals surface area contributed by atoms with Gasteiger partial charge in [0, 0.05) is 27.7 Å². The van der Waals surface area contributed by atoms with Gasteiger partial charge in [-0.15, -0.1) is 0 Å². The minimum absolute atomic E-state index is 0.0108. The minimum atomic E-state index is -0.407. The number of carbonyl (C=O) groups excluding carboxylic acids is 1. The molecule has 0 aliphatic rings. The Balaban J connectivity index is 2.24. The molecule has 1 aromatic carbocycles. The average Bonchev–Trinajstić information content (AvgIpc) is 2.81. The van der Waals surface area contributed by atoms with E-state index in [1.165, 1.54) is 0 Å². The van der Waals surface area contributed by atoms with Crippen LogP contribution >= 0.6 is 0 Å². The van der Waals surface area contributed by atoms with Crippen molar-refractivity contribution in [1.82, 2.24) is 20.0 Å². The van der Waals surface area contributed by atoms with E-state index in [0.717, 1.165) is 16.8 Å². The Morgan fingerprint density at radius 2 is 2.00 bits per heavy atom. The van der Waals surface area contributed by atoms with Gasteiger partial charge in [-0.1, -0.05) is 30.3 Å². The number of amides is 1. The molecular weight excluding hydrogens is 292 g/mol. The van der Waals surface area contributed by atoms with E-state index in [4.69, 9.17) is 4.74 Å². The average molecular weight is 316 g/mol. The van der Waals surface area contributed by atoms with Gasteiger partial charge in [-0.2, -0.15) is 5.10 Å². The van der Waals surface area contributed by atoms with Crippen LogP contribution in [0.15, 0.2) is 30.3 Å². The number of methoxy groups -OCH3 is 1. The lowest BCUT2D eigenvalue weighted by Crippen LogP contribution is -2.36. The molecule has 2 rings (SSSR count). The zero-order valence-electron chi connectivity index (χ0n) is 14.3. The number of rotatable bonds is 6. The van der Waals surface area contributed by atoms with Crippen LogP contribution in [0.2, 0.25) is 0 Å². The first-order chi connectivity index (χ1) is 11.0. The number of ether oxygens (including phenoxy) is 1. The van der Waals surface area contributed by atoms with Crippen molar-refractivity contribution in [1.29, 1.82) is 0 Å². The van der Waals surface area contributed by atoms with E-state index in [-0.39, 0.29) is 5.91 Å². The molecule has 0 unspecified atom stereocenters. The van der Waals surface area contributed by atoms with Crippen LogP contribution < -0.4 is 10.1 Å². The molecule has 0 radical (unpaired) electrons. The Morgan fingerprint density at radius 1 is 1.35 bits per heavy atom. The molecule has 0 saturated heterocycles. The minimum Gasteiger partial charge on any atom is -0.481 e. The summed E-state index contributed by atoms with van der Waals surface area (Å²) >= 11 is 0. The molecule has 1 heterocycles. The Kier molecular flexibility index (Phi) is 5.39. The van der Waals surface area contributed by atoms with Gasteiger partial charge in [0.15, 0.2) is 0 Å². The molecule has 6 nitrogen and oxygen atoms in total. The highest BCUT2D eigenvalue weighted by Gasteiger charge is 2.23. The van der Waals surface area contributed by atoms with Crippen LogP contribution in [0.5, 0.6) is 5.88 Å². The van der Waals surface area contributed by atoms with Crippen molar-refractivity contribution in [3.8, 4) is 5.88 Å². The highest BCUT2D eigenvalue weighted by molar-refractivity contribution is 5.82. The van der Waals surface area contributed by atoms with Crippen molar-refractivity contribution in [2.45, 2.75) is 19.5 Å². The smallest absolute Gasteiger partial charge is 0.243 e. The molecule has 0 saturated carbocycles. The topological polar surface area (TPSA) is 59.4 Å². The van der Waals surface area contributed by atoms with Gasteiger partial charge in [0.25, 0.3) is 0 Å². The van der Waals surface area contributed by atoms with Gasteiger partial charge in [-0.3, -0.25) is 10.1 Å². The molecule has 124 valence electrons. The van der Waals surface area contributed by atoms with Gasteiger partial charge >= 0.3 is 0 Å². The fourth-order valence-electron chi connectivity index (χ4n) is 2.60. The molecule has 0 aliphatic heterocycles. The maximum Gasteiger partial charge on any atom is 0.243 e. The Bertz CT molecular complexity index is 665. The fourth-order valence-corrected chi connectivity index (χ4v) is 2.60. The molecule has 0 spiro atoms. The standard InChI is InChI=1S/C17H24N4O2/c1-12-14(17(23-5)21(4)19-12)11-18-15(16(22)20(2)3)13-9-7-6-8-10-13/h6-10,15,18H,11H2,1-5H3/t15-/m1/s1. The van der Waals surface area contributed by atoms with Gasteiger partial charge < -0.3 is 9.64 Å². The van der Waals surface area contributed by atoms with Gasteiger partial charge in [0.1, 0.15) is 6.04 Å². The quantitative estimate of drug-likeness (QED) is 0.880. The third-order valence-electron chi connectivity index (χ3n) is 3.79. The SMILES string of the molecule is COc1c(CN[C@@H](C(=O)N(C)C)c2ccccc2)c(C)nn1C. The van der Waals surface area contributed by atoms with Crippen molar-refractivity contribution in [3.63, 3.8) is 0 Å². The molecule has 0 bridgehead atoms. The third kappa shape index (κ3) is 3.71. The first kappa shape index (κ1) is 17.0. The van der Waals surface area contributed by atoms with Gasteiger partial charge in [-0.25, -0.2) is 4.68 Å². The van der Waals surface area contributed by atoms with Crippen molar-refractivity contribution in [2.24, 2.45) is 7.05 Å². The molecule has 1 atom stereocenters. The molecule has 23 heavy (non-hydrogen) atoms. The predicted octanol–water partition coefficient (Wildman–Crippen LogP) is 1.66. The number of carbonyl (C=O) groups is 1. The summed E-state index contributed by atoms with van der Waals surface area (Å²) < 4.78 is 7.11. The Hall–Kier alpha value is -2.34. The van der Waals surface area contributed by atoms with E-state index in [2.05, 4.69) is 10.4 Å². The first-order valence-electron chi connectivity index (χ1n) is 7.51. The van der Waals surface area contributed by atoms with E-state index in [0.29, 0.717) is 12.4 Å². The van der Waals surface area contributed by atoms with Crippen molar-refractivity contribution in [2.75, 3.05) is 21.2 Å². The van der Waals surface area contributed by atoms with Crippen LogP contribution in [0.1, 0.15) is 22.9 Å². The second kappa shape index (κ2) is 7.28. The number of aryl methyl sites for hydroxylation is 2. The van der Waals surface area contributed by atoms with Gasteiger partial charge in [0.05, 0.1) is 18.4 Å². The second-order valence-electron chi connectivity index (χ2n) is 5.65. The Labute approximate surface area is 137 Å². The fraction of sp³-hybridized carbons (Fsp3) is 0.412. The van der Waals surface area contributed by atoms with E-state index < -0.39 is 6.04 Å². The van der Waals surface area contributed by atoms with Gasteiger partial charge in [-0.05, 0) is 12.5 Å². The number of hydrogen-bond acceptors (Lipinski definition) is 4. The molecule has 2 aromatic rings. The molecule has 0 aliphatic carbocycles. The Morgan fingerprint density at radius 3 is 2.57 bits per heavy atom. The monoisotopic (exact) mass is 316 g/mol. The zero-order chi connectivity index (χ0) is 17.0. The number of benzene rings is 1. The largest absolute Gasteiger partial charge is 0.481 e. The van der Waals surface area contributed by atoms with Crippen LogP contribution in [-0.2, 0) is 18.4 Å². The molecule has 1 amide bonds. The van der Waals surface area contributed by atoms with Crippen LogP contribution in [0, 0.1) is 6.92 Å². The van der Waals surface area contributed by atoms with Crippen molar-refractivity contribution in [3.05, 3.63) is 47.2 Å². The third-order valence-corrected chi connectivity index (χ3v) is 3.79. The highest BCUT2D eigenvalue weighted by Crippen LogP contribution is 2.22. The normalized spacial score (nSPS) is 12.0. The van der Waals surface area contributed by atoms with E-state index in [1.54, 1.807) is 30.8 Å². The summed E-state index contributed by atoms with van der Waals surface area (Å²) in [5.41, 5.74) is 2.79. The number of nitrogens with one attached hydrogen (secondary N) is 1. The predicted molar refractivity (Wildman–Crippen MR) is 89.2 cm³/mol. The van der Waals surface area contributed by atoms with Crippen LogP contribution in [0.4, 0.5) is 0 Å². The number of hydrogen-bond donors (Lipinski definition) is 1. The van der Waals surface area contributed by atoms with Crippen molar-refractivity contribution >= 4 is 5.91 Å². The zero-order valence-corrected chi connectivity index (χ0v) is 14.3.